The van der Waals surface area contributed by atoms with Gasteiger partial charge in [-0.3, -0.25) is 29.9 Å². The second kappa shape index (κ2) is 7.07. The first kappa shape index (κ1) is 19.3. The van der Waals surface area contributed by atoms with Gasteiger partial charge in [0.1, 0.15) is 0 Å². The summed E-state index contributed by atoms with van der Waals surface area (Å²) in [7, 11) is 0. The molecule has 0 fully saturated rings. The van der Waals surface area contributed by atoms with Crippen LogP contribution in [0.2, 0.25) is 0 Å². The van der Waals surface area contributed by atoms with Gasteiger partial charge in [0.2, 0.25) is 12.1 Å². The van der Waals surface area contributed by atoms with Crippen LogP contribution in [0.25, 0.3) is 0 Å². The molecule has 0 radical (unpaired) electrons. The Morgan fingerprint density at radius 3 is 1.81 bits per heavy atom. The topological polar surface area (TPSA) is 107 Å². The molecule has 0 aromatic heterocycles. The maximum Gasteiger partial charge on any atom is 0.416 e. The molecule has 0 aliphatic rings. The number of hydrogen-bond acceptors (Lipinski definition) is 5. The number of carbonyl (C=O) groups excluding carboxylic acids is 1. The molecule has 0 atom stereocenters. The highest BCUT2D eigenvalue weighted by Gasteiger charge is 2.39. The molecule has 0 bridgehead atoms. The predicted molar refractivity (Wildman–Crippen MR) is 87.1 cm³/mol. The molecule has 8 nitrogen and oxygen atoms in total. The summed E-state index contributed by atoms with van der Waals surface area (Å²) in [5.41, 5.74) is -4.89. The molecule has 0 N–H and O–H groups in total. The lowest BCUT2D eigenvalue weighted by molar-refractivity contribution is -0.392. The minimum atomic E-state index is -5.04. The minimum Gasteiger partial charge on any atom is -0.278 e. The van der Waals surface area contributed by atoms with Gasteiger partial charge >= 0.3 is 17.6 Å². The molecule has 0 heterocycles. The van der Waals surface area contributed by atoms with Gasteiger partial charge in [0.15, 0.2) is 0 Å². The van der Waals surface area contributed by atoms with E-state index < -0.39 is 38.6 Å². The summed E-state index contributed by atoms with van der Waals surface area (Å²) in [6, 6.07) is 5.82. The van der Waals surface area contributed by atoms with Gasteiger partial charge < -0.3 is 0 Å². The summed E-state index contributed by atoms with van der Waals surface area (Å²) in [5.74, 6) is 0. The Bertz CT molecular complexity index is 851. The number of carbonyl (C=O) groups is 1. The van der Waals surface area contributed by atoms with E-state index in [-0.39, 0.29) is 24.2 Å². The number of amides is 1. The van der Waals surface area contributed by atoms with E-state index in [2.05, 4.69) is 15.9 Å². The Morgan fingerprint density at radius 2 is 1.46 bits per heavy atom. The SMILES string of the molecule is O=CN(c1ccc(Br)cc1)c1c([N+](=O)[O-])cc(C(F)(F)F)cc1[N+](=O)[O-]. The van der Waals surface area contributed by atoms with E-state index in [0.717, 1.165) is 0 Å². The normalized spacial score (nSPS) is 11.1. The largest absolute Gasteiger partial charge is 0.416 e. The maximum atomic E-state index is 12.9. The number of nitro groups is 2. The van der Waals surface area contributed by atoms with Gasteiger partial charge in [-0.1, -0.05) is 15.9 Å². The van der Waals surface area contributed by atoms with Crippen molar-refractivity contribution in [3.63, 3.8) is 0 Å². The maximum absolute atomic E-state index is 12.9. The van der Waals surface area contributed by atoms with Crippen LogP contribution in [0.1, 0.15) is 5.56 Å². The van der Waals surface area contributed by atoms with Gasteiger partial charge in [0.05, 0.1) is 15.4 Å². The van der Waals surface area contributed by atoms with Crippen LogP contribution in [0.3, 0.4) is 0 Å². The summed E-state index contributed by atoms with van der Waals surface area (Å²) in [5, 5.41) is 22.5. The molecule has 0 saturated heterocycles. The summed E-state index contributed by atoms with van der Waals surface area (Å²) in [6.07, 6.45) is -5.00. The summed E-state index contributed by atoms with van der Waals surface area (Å²) < 4.78 is 39.4. The van der Waals surface area contributed by atoms with Gasteiger partial charge in [0, 0.05) is 22.3 Å². The van der Waals surface area contributed by atoms with E-state index in [0.29, 0.717) is 9.37 Å². The second-order valence-corrected chi connectivity index (χ2v) is 5.74. The number of alkyl halides is 3. The zero-order valence-electron chi connectivity index (χ0n) is 12.4. The van der Waals surface area contributed by atoms with Crippen molar-refractivity contribution in [1.82, 2.24) is 0 Å². The van der Waals surface area contributed by atoms with Crippen LogP contribution < -0.4 is 4.90 Å². The van der Waals surface area contributed by atoms with Gasteiger partial charge in [-0.05, 0) is 24.3 Å². The van der Waals surface area contributed by atoms with E-state index in [1.807, 2.05) is 0 Å². The number of rotatable bonds is 5. The van der Waals surface area contributed by atoms with E-state index >= 15 is 0 Å². The number of benzene rings is 2. The monoisotopic (exact) mass is 433 g/mol. The third-order valence-corrected chi connectivity index (χ3v) is 3.77. The molecular weight excluding hydrogens is 427 g/mol. The van der Waals surface area contributed by atoms with Crippen LogP contribution in [-0.2, 0) is 11.0 Å². The number of hydrogen-bond donors (Lipinski definition) is 0. The first-order chi connectivity index (χ1) is 12.1. The summed E-state index contributed by atoms with van der Waals surface area (Å²) >= 11 is 3.13. The molecule has 26 heavy (non-hydrogen) atoms. The minimum absolute atomic E-state index is 0.00541. The van der Waals surface area contributed by atoms with E-state index in [9.17, 15) is 38.2 Å². The Balaban J connectivity index is 2.83. The standard InChI is InChI=1S/C14H7BrF3N3O5/c15-9-1-3-10(4-2-9)19(7-22)13-11(20(23)24)5-8(14(16,17)18)6-12(13)21(25)26/h1-7H. The van der Waals surface area contributed by atoms with Crippen molar-refractivity contribution in [1.29, 1.82) is 0 Å². The van der Waals surface area contributed by atoms with Crippen molar-refractivity contribution >= 4 is 45.1 Å². The fourth-order valence-corrected chi connectivity index (χ4v) is 2.40. The molecule has 1 amide bonds. The lowest BCUT2D eigenvalue weighted by Crippen LogP contribution is -2.18. The summed E-state index contributed by atoms with van der Waals surface area (Å²) in [6.45, 7) is 0. The van der Waals surface area contributed by atoms with Crippen LogP contribution in [0, 0.1) is 20.2 Å². The van der Waals surface area contributed by atoms with Crippen LogP contribution in [0.15, 0.2) is 40.9 Å². The van der Waals surface area contributed by atoms with Crippen LogP contribution in [0.5, 0.6) is 0 Å². The fourth-order valence-electron chi connectivity index (χ4n) is 2.14. The first-order valence-corrected chi connectivity index (χ1v) is 7.39. The second-order valence-electron chi connectivity index (χ2n) is 4.83. The molecule has 0 unspecified atom stereocenters. The van der Waals surface area contributed by atoms with E-state index in [4.69, 9.17) is 0 Å². The molecule has 0 aliphatic carbocycles. The lowest BCUT2D eigenvalue weighted by Gasteiger charge is -2.18. The summed E-state index contributed by atoms with van der Waals surface area (Å²) in [4.78, 5) is 32.1. The number of anilines is 2. The van der Waals surface area contributed by atoms with Crippen molar-refractivity contribution < 1.29 is 27.8 Å². The van der Waals surface area contributed by atoms with E-state index in [1.54, 1.807) is 0 Å². The third kappa shape index (κ3) is 3.79. The Hall–Kier alpha value is -3.02. The average Bonchev–Trinajstić information content (AvgIpc) is 2.55. The molecule has 136 valence electrons. The molecule has 12 heteroatoms. The van der Waals surface area contributed by atoms with Crippen molar-refractivity contribution in [3.05, 3.63) is 66.7 Å². The highest BCUT2D eigenvalue weighted by Crippen LogP contribution is 2.44. The smallest absolute Gasteiger partial charge is 0.278 e. The molecular formula is C14H7BrF3N3O5. The van der Waals surface area contributed by atoms with Crippen molar-refractivity contribution in [2.45, 2.75) is 6.18 Å². The fraction of sp³-hybridized carbons (Fsp3) is 0.0714. The molecule has 2 aromatic carbocycles. The average molecular weight is 434 g/mol. The number of halogens is 4. The third-order valence-electron chi connectivity index (χ3n) is 3.24. The highest BCUT2D eigenvalue weighted by molar-refractivity contribution is 9.10. The highest BCUT2D eigenvalue weighted by atomic mass is 79.9. The van der Waals surface area contributed by atoms with Crippen molar-refractivity contribution in [2.75, 3.05) is 4.90 Å². The van der Waals surface area contributed by atoms with Gasteiger partial charge in [-0.25, -0.2) is 0 Å². The van der Waals surface area contributed by atoms with Crippen LogP contribution in [-0.4, -0.2) is 16.3 Å². The Morgan fingerprint density at radius 1 is 1.00 bits per heavy atom. The van der Waals surface area contributed by atoms with Gasteiger partial charge in [0.25, 0.3) is 0 Å². The zero-order valence-corrected chi connectivity index (χ0v) is 14.0. The molecule has 0 aliphatic heterocycles. The number of nitrogens with zero attached hydrogens (tertiary/aromatic N) is 3. The zero-order chi connectivity index (χ0) is 19.6. The van der Waals surface area contributed by atoms with Crippen molar-refractivity contribution in [3.8, 4) is 0 Å². The van der Waals surface area contributed by atoms with Crippen molar-refractivity contribution in [2.24, 2.45) is 0 Å². The van der Waals surface area contributed by atoms with Gasteiger partial charge in [-0.15, -0.1) is 0 Å². The molecule has 0 saturated carbocycles. The first-order valence-electron chi connectivity index (χ1n) is 6.60. The van der Waals surface area contributed by atoms with Crippen LogP contribution >= 0.6 is 15.9 Å². The molecule has 2 rings (SSSR count). The van der Waals surface area contributed by atoms with Crippen LogP contribution in [0.4, 0.5) is 35.9 Å². The van der Waals surface area contributed by atoms with Gasteiger partial charge in [-0.2, -0.15) is 13.2 Å². The van der Waals surface area contributed by atoms with E-state index in [1.165, 1.54) is 24.3 Å². The molecule has 0 spiro atoms. The molecule has 2 aromatic rings. The lowest BCUT2D eigenvalue weighted by atomic mass is 10.1. The predicted octanol–water partition coefficient (Wildman–Crippen LogP) is 4.58. The quantitative estimate of drug-likeness (QED) is 0.389. The number of nitro benzene ring substituents is 2. The Labute approximate surface area is 151 Å². The Kier molecular flexibility index (Phi) is 5.25.